The van der Waals surface area contributed by atoms with Crippen molar-refractivity contribution in [3.63, 3.8) is 0 Å². The van der Waals surface area contributed by atoms with Gasteiger partial charge < -0.3 is 14.2 Å². The third kappa shape index (κ3) is 2.79. The van der Waals surface area contributed by atoms with Crippen LogP contribution < -0.4 is 5.32 Å². The predicted octanol–water partition coefficient (Wildman–Crippen LogP) is 0.595. The normalized spacial score (nSPS) is 22.2. The molecule has 0 radical (unpaired) electrons. The highest BCUT2D eigenvalue weighted by molar-refractivity contribution is 6.09. The Morgan fingerprint density at radius 3 is 2.04 bits per heavy atom. The Kier molecular flexibility index (Phi) is 5.00. The van der Waals surface area contributed by atoms with Gasteiger partial charge in [-0.25, -0.2) is 9.59 Å². The Bertz CT molecular complexity index is 584. The van der Waals surface area contributed by atoms with Gasteiger partial charge in [0.25, 0.3) is 0 Å². The van der Waals surface area contributed by atoms with Gasteiger partial charge in [0.15, 0.2) is 0 Å². The average Bonchev–Trinajstić information content (AvgIpc) is 3.02. The number of hydrogen-bond donors (Lipinski definition) is 1. The summed E-state index contributed by atoms with van der Waals surface area (Å²) in [6.07, 6.45) is 0.209. The summed E-state index contributed by atoms with van der Waals surface area (Å²) < 4.78 is 14.3. The second-order valence-electron chi connectivity index (χ2n) is 5.21. The first kappa shape index (κ1) is 17.0. The number of carbonyl (C=O) groups is 3. The molecule has 0 saturated carbocycles. The van der Waals surface area contributed by atoms with E-state index in [0.717, 1.165) is 19.8 Å². The molecular formula is C16H19NO6. The SMILES string of the molecule is COC(=O)[C@H]1C[C@@H](c2ccccc2)NC1(C(=O)OC)C(=O)OC. The third-order valence-electron chi connectivity index (χ3n) is 4.10. The minimum absolute atomic E-state index is 0.209. The molecule has 23 heavy (non-hydrogen) atoms. The van der Waals surface area contributed by atoms with E-state index in [-0.39, 0.29) is 6.42 Å². The monoisotopic (exact) mass is 321 g/mol. The maximum absolute atomic E-state index is 12.4. The molecule has 1 fully saturated rings. The van der Waals surface area contributed by atoms with E-state index in [1.165, 1.54) is 7.11 Å². The van der Waals surface area contributed by atoms with Crippen LogP contribution in [0, 0.1) is 5.92 Å². The standard InChI is InChI=1S/C16H19NO6/c1-21-13(18)11-9-12(10-7-5-4-6-8-10)17-16(11,14(19)22-2)15(20)23-3/h4-8,11-12,17H,9H2,1-3H3/t11-,12+/m1/s1. The van der Waals surface area contributed by atoms with Crippen molar-refractivity contribution < 1.29 is 28.6 Å². The lowest BCUT2D eigenvalue weighted by Gasteiger charge is -2.28. The van der Waals surface area contributed by atoms with Crippen molar-refractivity contribution in [1.82, 2.24) is 5.32 Å². The van der Waals surface area contributed by atoms with Crippen LogP contribution in [0.2, 0.25) is 0 Å². The van der Waals surface area contributed by atoms with Gasteiger partial charge in [-0.2, -0.15) is 0 Å². The molecule has 1 aromatic carbocycles. The summed E-state index contributed by atoms with van der Waals surface area (Å²) in [5.41, 5.74) is -1.08. The van der Waals surface area contributed by atoms with Crippen LogP contribution in [-0.4, -0.2) is 44.8 Å². The molecule has 0 unspecified atom stereocenters. The third-order valence-corrected chi connectivity index (χ3v) is 4.10. The summed E-state index contributed by atoms with van der Waals surface area (Å²) in [6, 6.07) is 8.82. The highest BCUT2D eigenvalue weighted by Crippen LogP contribution is 2.40. The number of benzene rings is 1. The molecule has 1 aliphatic heterocycles. The first-order valence-electron chi connectivity index (χ1n) is 7.08. The highest BCUT2D eigenvalue weighted by atomic mass is 16.6. The van der Waals surface area contributed by atoms with E-state index < -0.39 is 35.4 Å². The molecule has 0 amide bonds. The lowest BCUT2D eigenvalue weighted by Crippen LogP contribution is -2.61. The molecule has 0 bridgehead atoms. The zero-order chi connectivity index (χ0) is 17.0. The predicted molar refractivity (Wildman–Crippen MR) is 79.2 cm³/mol. The van der Waals surface area contributed by atoms with Crippen LogP contribution in [0.3, 0.4) is 0 Å². The lowest BCUT2D eigenvalue weighted by molar-refractivity contribution is -0.171. The smallest absolute Gasteiger partial charge is 0.338 e. The molecule has 0 spiro atoms. The highest BCUT2D eigenvalue weighted by Gasteiger charge is 2.63. The van der Waals surface area contributed by atoms with E-state index in [4.69, 9.17) is 14.2 Å². The molecule has 7 heteroatoms. The fraction of sp³-hybridized carbons (Fsp3) is 0.438. The summed E-state index contributed by atoms with van der Waals surface area (Å²) in [7, 11) is 3.51. The molecular weight excluding hydrogens is 302 g/mol. The van der Waals surface area contributed by atoms with Crippen molar-refractivity contribution in [2.24, 2.45) is 5.92 Å². The van der Waals surface area contributed by atoms with Gasteiger partial charge in [0.05, 0.1) is 27.2 Å². The van der Waals surface area contributed by atoms with Crippen LogP contribution >= 0.6 is 0 Å². The number of carbonyl (C=O) groups excluding carboxylic acids is 3. The molecule has 1 N–H and O–H groups in total. The second kappa shape index (κ2) is 6.78. The van der Waals surface area contributed by atoms with Crippen molar-refractivity contribution in [1.29, 1.82) is 0 Å². The molecule has 1 heterocycles. The van der Waals surface area contributed by atoms with Gasteiger partial charge in [-0.15, -0.1) is 0 Å². The van der Waals surface area contributed by atoms with Crippen LogP contribution in [0.25, 0.3) is 0 Å². The number of nitrogens with one attached hydrogen (secondary N) is 1. The molecule has 124 valence electrons. The summed E-state index contributed by atoms with van der Waals surface area (Å²) in [5, 5.41) is 2.94. The number of methoxy groups -OCH3 is 3. The molecule has 7 nitrogen and oxygen atoms in total. The Labute approximate surface area is 133 Å². The maximum atomic E-state index is 12.4. The van der Waals surface area contributed by atoms with E-state index >= 15 is 0 Å². The number of rotatable bonds is 4. The molecule has 0 aliphatic carbocycles. The van der Waals surface area contributed by atoms with Crippen molar-refractivity contribution in [3.05, 3.63) is 35.9 Å². The number of ether oxygens (including phenoxy) is 3. The topological polar surface area (TPSA) is 90.9 Å². The quantitative estimate of drug-likeness (QED) is 0.493. The second-order valence-corrected chi connectivity index (χ2v) is 5.21. The van der Waals surface area contributed by atoms with Gasteiger partial charge in [0, 0.05) is 6.04 Å². The van der Waals surface area contributed by atoms with E-state index in [1.807, 2.05) is 30.3 Å². The molecule has 2 atom stereocenters. The van der Waals surface area contributed by atoms with E-state index in [0.29, 0.717) is 0 Å². The first-order chi connectivity index (χ1) is 11.0. The molecule has 1 aliphatic rings. The summed E-state index contributed by atoms with van der Waals surface area (Å²) >= 11 is 0. The maximum Gasteiger partial charge on any atom is 0.338 e. The van der Waals surface area contributed by atoms with Crippen LogP contribution in [0.15, 0.2) is 30.3 Å². The minimum Gasteiger partial charge on any atom is -0.469 e. The van der Waals surface area contributed by atoms with Gasteiger partial charge in [0.2, 0.25) is 5.54 Å². The van der Waals surface area contributed by atoms with Crippen LogP contribution in [-0.2, 0) is 28.6 Å². The largest absolute Gasteiger partial charge is 0.469 e. The van der Waals surface area contributed by atoms with E-state index in [2.05, 4.69) is 5.32 Å². The minimum atomic E-state index is -1.92. The van der Waals surface area contributed by atoms with Gasteiger partial charge in [-0.05, 0) is 12.0 Å². The first-order valence-corrected chi connectivity index (χ1v) is 7.08. The zero-order valence-corrected chi connectivity index (χ0v) is 13.2. The Hall–Kier alpha value is -2.41. The van der Waals surface area contributed by atoms with Gasteiger partial charge >= 0.3 is 17.9 Å². The Morgan fingerprint density at radius 1 is 1.00 bits per heavy atom. The van der Waals surface area contributed by atoms with Crippen molar-refractivity contribution in [3.8, 4) is 0 Å². The van der Waals surface area contributed by atoms with Crippen LogP contribution in [0.1, 0.15) is 18.0 Å². The van der Waals surface area contributed by atoms with Gasteiger partial charge in [0.1, 0.15) is 0 Å². The fourth-order valence-corrected chi connectivity index (χ4v) is 2.97. The van der Waals surface area contributed by atoms with E-state index in [1.54, 1.807) is 0 Å². The summed E-state index contributed by atoms with van der Waals surface area (Å²) in [5.74, 6) is -3.47. The van der Waals surface area contributed by atoms with Crippen LogP contribution in [0.4, 0.5) is 0 Å². The molecule has 2 rings (SSSR count). The summed E-state index contributed by atoms with van der Waals surface area (Å²) in [4.78, 5) is 36.9. The summed E-state index contributed by atoms with van der Waals surface area (Å²) in [6.45, 7) is 0. The number of esters is 3. The molecule has 0 aromatic heterocycles. The molecule has 1 saturated heterocycles. The van der Waals surface area contributed by atoms with Gasteiger partial charge in [-0.3, -0.25) is 10.1 Å². The van der Waals surface area contributed by atoms with Crippen molar-refractivity contribution in [2.75, 3.05) is 21.3 Å². The fourth-order valence-electron chi connectivity index (χ4n) is 2.97. The average molecular weight is 321 g/mol. The lowest BCUT2D eigenvalue weighted by atomic mass is 9.84. The number of hydrogen-bond acceptors (Lipinski definition) is 7. The van der Waals surface area contributed by atoms with Crippen molar-refractivity contribution >= 4 is 17.9 Å². The zero-order valence-electron chi connectivity index (χ0n) is 13.2. The Balaban J connectivity index is 2.49. The van der Waals surface area contributed by atoms with Crippen LogP contribution in [0.5, 0.6) is 0 Å². The van der Waals surface area contributed by atoms with Gasteiger partial charge in [-0.1, -0.05) is 30.3 Å². The van der Waals surface area contributed by atoms with E-state index in [9.17, 15) is 14.4 Å². The molecule has 1 aromatic rings. The Morgan fingerprint density at radius 2 is 1.57 bits per heavy atom. The van der Waals surface area contributed by atoms with Crippen molar-refractivity contribution in [2.45, 2.75) is 18.0 Å².